The number of thioether (sulfide) groups is 1. The van der Waals surface area contributed by atoms with Crippen LogP contribution in [0.3, 0.4) is 0 Å². The molecule has 210 valence electrons. The number of ether oxygens (including phenoxy) is 1. The van der Waals surface area contributed by atoms with Crippen LogP contribution < -0.4 is 21.1 Å². The van der Waals surface area contributed by atoms with Crippen LogP contribution in [0.4, 0.5) is 0 Å². The van der Waals surface area contributed by atoms with E-state index in [-0.39, 0.29) is 24.2 Å². The zero-order valence-electron chi connectivity index (χ0n) is 21.1. The number of hydrogen-bond donors (Lipinski definition) is 6. The molecule has 0 spiro atoms. The summed E-state index contributed by atoms with van der Waals surface area (Å²) < 4.78 is 5.10. The molecular weight excluding hydrogens is 530 g/mol. The van der Waals surface area contributed by atoms with E-state index in [9.17, 15) is 29.1 Å². The number of carbonyl (C=O) groups excluding carboxylic acids is 3. The summed E-state index contributed by atoms with van der Waals surface area (Å²) in [5.41, 5.74) is 6.25. The highest BCUT2D eigenvalue weighted by molar-refractivity contribution is 7.99. The minimum Gasteiger partial charge on any atom is -0.497 e. The van der Waals surface area contributed by atoms with Gasteiger partial charge in [-0.25, -0.2) is 0 Å². The number of rotatable bonds is 16. The molecule has 2 amide bonds. The summed E-state index contributed by atoms with van der Waals surface area (Å²) in [5, 5.41) is 32.7. The van der Waals surface area contributed by atoms with Crippen LogP contribution in [0.1, 0.15) is 34.0 Å². The number of Topliss-reactive ketones (excluding diaryl/α,β-unsaturated/α-hetero) is 1. The number of carboxylic acid groups (broad SMARTS) is 2. The van der Waals surface area contributed by atoms with Crippen LogP contribution in [0.15, 0.2) is 54.6 Å². The van der Waals surface area contributed by atoms with Gasteiger partial charge in [0.05, 0.1) is 12.4 Å². The first-order valence-electron chi connectivity index (χ1n) is 11.8. The number of hydrogen-bond acceptors (Lipinski definition) is 9. The number of nitrogens with one attached hydrogen (secondary N) is 2. The lowest BCUT2D eigenvalue weighted by atomic mass is 9.99. The van der Waals surface area contributed by atoms with Crippen LogP contribution in [-0.2, 0) is 19.2 Å². The highest BCUT2D eigenvalue weighted by Crippen LogP contribution is 2.34. The van der Waals surface area contributed by atoms with E-state index < -0.39 is 59.5 Å². The number of benzene rings is 2. The van der Waals surface area contributed by atoms with Crippen molar-refractivity contribution in [2.75, 3.05) is 19.4 Å². The molecule has 2 aromatic rings. The maximum Gasteiger partial charge on any atom is 0.322 e. The molecule has 39 heavy (non-hydrogen) atoms. The van der Waals surface area contributed by atoms with Crippen molar-refractivity contribution < 1.29 is 44.0 Å². The Morgan fingerprint density at radius 2 is 1.64 bits per heavy atom. The van der Waals surface area contributed by atoms with E-state index in [1.54, 1.807) is 42.5 Å². The van der Waals surface area contributed by atoms with Gasteiger partial charge in [-0.15, -0.1) is 11.8 Å². The molecule has 0 aliphatic rings. The van der Waals surface area contributed by atoms with Gasteiger partial charge < -0.3 is 36.4 Å². The van der Waals surface area contributed by atoms with Crippen molar-refractivity contribution in [1.29, 1.82) is 0 Å². The summed E-state index contributed by atoms with van der Waals surface area (Å²) in [6.45, 7) is -0.694. The number of ketones is 1. The van der Waals surface area contributed by atoms with E-state index in [1.807, 2.05) is 0 Å². The zero-order valence-corrected chi connectivity index (χ0v) is 21.9. The molecule has 0 saturated carbocycles. The SMILES string of the molecule is COc1ccc(C(=O)C(O)C(SCC(NC(=O)CCC(N)C(=O)O)C(=O)NCC(=O)O)c2ccccc2)cc1. The Balaban J connectivity index is 2.23. The summed E-state index contributed by atoms with van der Waals surface area (Å²) in [6.07, 6.45) is -2.00. The standard InChI is InChI=1S/C26H31N3O9S/c1-38-17-9-7-15(8-10-17)22(33)23(34)24(16-5-3-2-4-6-16)39-14-19(25(35)28-13-21(31)32)29-20(30)12-11-18(27)26(36)37/h2-10,18-19,23-24,34H,11-14,27H2,1H3,(H,28,35)(H,29,30)(H,31,32)(H,36,37). The Morgan fingerprint density at radius 3 is 2.21 bits per heavy atom. The summed E-state index contributed by atoms with van der Waals surface area (Å²) in [5.74, 6) is -4.24. The largest absolute Gasteiger partial charge is 0.497 e. The van der Waals surface area contributed by atoms with Crippen molar-refractivity contribution in [3.05, 3.63) is 65.7 Å². The van der Waals surface area contributed by atoms with Gasteiger partial charge in [0.1, 0.15) is 30.5 Å². The quantitative estimate of drug-likeness (QED) is 0.156. The molecule has 4 unspecified atom stereocenters. The van der Waals surface area contributed by atoms with Gasteiger partial charge in [-0.3, -0.25) is 24.0 Å². The summed E-state index contributed by atoms with van der Waals surface area (Å²) in [6, 6.07) is 12.3. The second kappa shape index (κ2) is 15.5. The summed E-state index contributed by atoms with van der Waals surface area (Å²) in [4.78, 5) is 60.1. The third kappa shape index (κ3) is 10.0. The van der Waals surface area contributed by atoms with Gasteiger partial charge in [0.25, 0.3) is 0 Å². The summed E-state index contributed by atoms with van der Waals surface area (Å²) in [7, 11) is 1.48. The molecule has 0 aliphatic heterocycles. The van der Waals surface area contributed by atoms with Gasteiger partial charge in [-0.2, -0.15) is 0 Å². The van der Waals surface area contributed by atoms with Gasteiger partial charge in [0.2, 0.25) is 11.8 Å². The predicted octanol–water partition coefficient (Wildman–Crippen LogP) is 0.591. The highest BCUT2D eigenvalue weighted by atomic mass is 32.2. The van der Waals surface area contributed by atoms with E-state index in [2.05, 4.69) is 10.6 Å². The van der Waals surface area contributed by atoms with Crippen LogP contribution in [0.25, 0.3) is 0 Å². The number of amides is 2. The Morgan fingerprint density at radius 1 is 1.00 bits per heavy atom. The van der Waals surface area contributed by atoms with Crippen LogP contribution in [0.5, 0.6) is 5.75 Å². The van der Waals surface area contributed by atoms with Crippen molar-refractivity contribution in [2.24, 2.45) is 5.73 Å². The molecule has 12 nitrogen and oxygen atoms in total. The fraction of sp³-hybridized carbons (Fsp3) is 0.346. The molecule has 0 bridgehead atoms. The first-order chi connectivity index (χ1) is 18.5. The van der Waals surface area contributed by atoms with E-state index in [1.165, 1.54) is 19.2 Å². The number of aliphatic hydroxyl groups excluding tert-OH is 1. The maximum absolute atomic E-state index is 13.1. The van der Waals surface area contributed by atoms with Crippen molar-refractivity contribution in [1.82, 2.24) is 10.6 Å². The fourth-order valence-corrected chi connectivity index (χ4v) is 4.71. The number of carboxylic acids is 2. The molecule has 13 heteroatoms. The normalized spacial score (nSPS) is 13.8. The summed E-state index contributed by atoms with van der Waals surface area (Å²) >= 11 is 1.02. The molecule has 7 N–H and O–H groups in total. The first kappa shape index (κ1) is 31.3. The Hall–Kier alpha value is -3.94. The van der Waals surface area contributed by atoms with Gasteiger partial charge >= 0.3 is 11.9 Å². The monoisotopic (exact) mass is 561 g/mol. The van der Waals surface area contributed by atoms with Gasteiger partial charge in [-0.05, 0) is 36.2 Å². The fourth-order valence-electron chi connectivity index (χ4n) is 3.42. The lowest BCUT2D eigenvalue weighted by Crippen LogP contribution is -2.49. The third-order valence-corrected chi connectivity index (χ3v) is 6.98. The molecular formula is C26H31N3O9S. The van der Waals surface area contributed by atoms with Gasteiger partial charge in [0.15, 0.2) is 5.78 Å². The van der Waals surface area contributed by atoms with Crippen LogP contribution >= 0.6 is 11.8 Å². The smallest absolute Gasteiger partial charge is 0.322 e. The van der Waals surface area contributed by atoms with Crippen LogP contribution in [0, 0.1) is 0 Å². The minimum atomic E-state index is -1.53. The van der Waals surface area contributed by atoms with Crippen molar-refractivity contribution in [3.63, 3.8) is 0 Å². The topological polar surface area (TPSA) is 205 Å². The predicted molar refractivity (Wildman–Crippen MR) is 142 cm³/mol. The molecule has 2 aromatic carbocycles. The molecule has 0 saturated heterocycles. The average molecular weight is 562 g/mol. The van der Waals surface area contributed by atoms with Gasteiger partial charge in [0, 0.05) is 17.7 Å². The van der Waals surface area contributed by atoms with Crippen molar-refractivity contribution >= 4 is 41.3 Å². The maximum atomic E-state index is 13.1. The lowest BCUT2D eigenvalue weighted by Gasteiger charge is -2.25. The van der Waals surface area contributed by atoms with Crippen molar-refractivity contribution in [3.8, 4) is 5.75 Å². The van der Waals surface area contributed by atoms with Crippen LogP contribution in [0.2, 0.25) is 0 Å². The second-order valence-corrected chi connectivity index (χ2v) is 9.59. The molecule has 0 aromatic heterocycles. The molecule has 0 radical (unpaired) electrons. The Kier molecular flexibility index (Phi) is 12.4. The number of aliphatic carboxylic acids is 2. The van der Waals surface area contributed by atoms with Crippen molar-refractivity contribution in [2.45, 2.75) is 36.3 Å². The number of methoxy groups -OCH3 is 1. The van der Waals surface area contributed by atoms with E-state index in [0.29, 0.717) is 11.3 Å². The molecule has 0 heterocycles. The Labute approximate surface area is 228 Å². The lowest BCUT2D eigenvalue weighted by molar-refractivity contribution is -0.139. The third-order valence-electron chi connectivity index (χ3n) is 5.57. The first-order valence-corrected chi connectivity index (χ1v) is 12.9. The van der Waals surface area contributed by atoms with E-state index in [0.717, 1.165) is 11.8 Å². The zero-order chi connectivity index (χ0) is 28.9. The van der Waals surface area contributed by atoms with E-state index in [4.69, 9.17) is 20.7 Å². The second-order valence-electron chi connectivity index (χ2n) is 8.42. The van der Waals surface area contributed by atoms with Gasteiger partial charge in [-0.1, -0.05) is 30.3 Å². The number of aliphatic hydroxyl groups is 1. The minimum absolute atomic E-state index is 0.144. The molecule has 2 rings (SSSR count). The number of nitrogens with two attached hydrogens (primary N) is 1. The highest BCUT2D eigenvalue weighted by Gasteiger charge is 2.31. The number of carbonyl (C=O) groups is 5. The molecule has 4 atom stereocenters. The molecule has 0 aliphatic carbocycles. The molecule has 0 fully saturated rings. The van der Waals surface area contributed by atoms with E-state index >= 15 is 0 Å². The average Bonchev–Trinajstić information content (AvgIpc) is 2.93. The Bertz CT molecular complexity index is 1150. The van der Waals surface area contributed by atoms with Crippen LogP contribution in [-0.4, -0.2) is 82.5 Å².